The van der Waals surface area contributed by atoms with Crippen molar-refractivity contribution in [2.75, 3.05) is 13.1 Å². The molecule has 0 saturated carbocycles. The van der Waals surface area contributed by atoms with Gasteiger partial charge in [-0.2, -0.15) is 0 Å². The molecular weight excluding hydrogens is 278 g/mol. The quantitative estimate of drug-likeness (QED) is 0.947. The van der Waals surface area contributed by atoms with Crippen molar-refractivity contribution in [1.82, 2.24) is 4.90 Å². The molecule has 1 saturated heterocycles. The number of aliphatic carboxylic acids is 1. The zero-order valence-electron chi connectivity index (χ0n) is 12.6. The zero-order valence-corrected chi connectivity index (χ0v) is 12.6. The number of amides is 1. The van der Waals surface area contributed by atoms with E-state index in [0.29, 0.717) is 25.9 Å². The Balaban J connectivity index is 1.72. The molecule has 1 fully saturated rings. The van der Waals surface area contributed by atoms with E-state index in [9.17, 15) is 14.7 Å². The molecule has 1 aliphatic heterocycles. The molecule has 0 aliphatic carbocycles. The van der Waals surface area contributed by atoms with Crippen molar-refractivity contribution >= 4 is 22.6 Å². The number of carboxylic acid groups (broad SMARTS) is 1. The van der Waals surface area contributed by atoms with Crippen LogP contribution >= 0.6 is 0 Å². The summed E-state index contributed by atoms with van der Waals surface area (Å²) in [6, 6.07) is 14.0. The van der Waals surface area contributed by atoms with Gasteiger partial charge in [0.1, 0.15) is 0 Å². The number of likely N-dealkylation sites (tertiary alicyclic amines) is 1. The van der Waals surface area contributed by atoms with Crippen molar-refractivity contribution in [1.29, 1.82) is 0 Å². The van der Waals surface area contributed by atoms with E-state index in [-0.39, 0.29) is 5.91 Å². The van der Waals surface area contributed by atoms with Gasteiger partial charge in [0.15, 0.2) is 0 Å². The molecule has 0 bridgehead atoms. The Morgan fingerprint density at radius 3 is 2.59 bits per heavy atom. The van der Waals surface area contributed by atoms with Crippen LogP contribution in [0.1, 0.15) is 18.9 Å². The van der Waals surface area contributed by atoms with Gasteiger partial charge in [0.05, 0.1) is 11.8 Å². The molecule has 1 N–H and O–H groups in total. The third-order valence-electron chi connectivity index (χ3n) is 4.51. The van der Waals surface area contributed by atoms with Crippen LogP contribution in [0.2, 0.25) is 0 Å². The van der Waals surface area contributed by atoms with E-state index >= 15 is 0 Å². The van der Waals surface area contributed by atoms with Gasteiger partial charge in [-0.3, -0.25) is 9.59 Å². The molecule has 4 heteroatoms. The van der Waals surface area contributed by atoms with E-state index in [1.54, 1.807) is 11.8 Å². The summed E-state index contributed by atoms with van der Waals surface area (Å²) in [5.41, 5.74) is 0.159. The third-order valence-corrected chi connectivity index (χ3v) is 4.51. The highest BCUT2D eigenvalue weighted by molar-refractivity contribution is 5.86. The van der Waals surface area contributed by atoms with Crippen LogP contribution in [0.3, 0.4) is 0 Å². The molecule has 0 spiro atoms. The Hall–Kier alpha value is -2.36. The van der Waals surface area contributed by atoms with Gasteiger partial charge in [-0.1, -0.05) is 42.5 Å². The van der Waals surface area contributed by atoms with Crippen molar-refractivity contribution in [3.8, 4) is 0 Å². The predicted octanol–water partition coefficient (Wildman–Crippen LogP) is 2.71. The summed E-state index contributed by atoms with van der Waals surface area (Å²) in [4.78, 5) is 25.3. The molecule has 1 aliphatic rings. The molecule has 4 nitrogen and oxygen atoms in total. The lowest BCUT2D eigenvalue weighted by Crippen LogP contribution is -2.35. The predicted molar refractivity (Wildman–Crippen MR) is 84.6 cm³/mol. The lowest BCUT2D eigenvalue weighted by molar-refractivity contribution is -0.147. The van der Waals surface area contributed by atoms with E-state index in [0.717, 1.165) is 16.3 Å². The molecule has 0 radical (unpaired) electrons. The fraction of sp³-hybridized carbons (Fsp3) is 0.333. The second-order valence-electron chi connectivity index (χ2n) is 6.29. The minimum Gasteiger partial charge on any atom is -0.481 e. The maximum Gasteiger partial charge on any atom is 0.311 e. The second kappa shape index (κ2) is 5.44. The highest BCUT2D eigenvalue weighted by Gasteiger charge is 2.41. The van der Waals surface area contributed by atoms with Crippen LogP contribution in [-0.2, 0) is 16.0 Å². The molecule has 1 unspecified atom stereocenters. The van der Waals surface area contributed by atoms with Gasteiger partial charge in [0.2, 0.25) is 5.91 Å². The first-order valence-corrected chi connectivity index (χ1v) is 7.47. The fourth-order valence-corrected chi connectivity index (χ4v) is 2.98. The topological polar surface area (TPSA) is 57.6 Å². The van der Waals surface area contributed by atoms with E-state index < -0.39 is 11.4 Å². The van der Waals surface area contributed by atoms with Gasteiger partial charge in [0.25, 0.3) is 0 Å². The molecule has 2 aromatic carbocycles. The number of carboxylic acids is 1. The molecule has 1 atom stereocenters. The third kappa shape index (κ3) is 2.69. The largest absolute Gasteiger partial charge is 0.481 e. The second-order valence-corrected chi connectivity index (χ2v) is 6.29. The summed E-state index contributed by atoms with van der Waals surface area (Å²) in [6.45, 7) is 2.53. The highest BCUT2D eigenvalue weighted by atomic mass is 16.4. The van der Waals surface area contributed by atoms with Crippen LogP contribution in [0.5, 0.6) is 0 Å². The number of nitrogens with zero attached hydrogens (tertiary/aromatic N) is 1. The molecular formula is C18H19NO3. The Morgan fingerprint density at radius 1 is 1.18 bits per heavy atom. The average Bonchev–Trinajstić information content (AvgIpc) is 2.91. The van der Waals surface area contributed by atoms with Gasteiger partial charge < -0.3 is 10.0 Å². The van der Waals surface area contributed by atoms with E-state index in [2.05, 4.69) is 0 Å². The van der Waals surface area contributed by atoms with Crippen molar-refractivity contribution in [3.05, 3.63) is 48.0 Å². The van der Waals surface area contributed by atoms with Gasteiger partial charge in [-0.05, 0) is 29.7 Å². The lowest BCUT2D eigenvalue weighted by Gasteiger charge is -2.20. The maximum absolute atomic E-state index is 12.4. The SMILES string of the molecule is CC1(C(=O)O)CCN(C(=O)Cc2ccc3ccccc3c2)C1. The van der Waals surface area contributed by atoms with Crippen LogP contribution < -0.4 is 0 Å². The Labute approximate surface area is 129 Å². The number of rotatable bonds is 3. The maximum atomic E-state index is 12.4. The van der Waals surface area contributed by atoms with Gasteiger partial charge in [0, 0.05) is 13.1 Å². The number of benzene rings is 2. The van der Waals surface area contributed by atoms with Gasteiger partial charge in [-0.25, -0.2) is 0 Å². The smallest absolute Gasteiger partial charge is 0.311 e. The Kier molecular flexibility index (Phi) is 3.61. The van der Waals surface area contributed by atoms with Crippen molar-refractivity contribution in [2.24, 2.45) is 5.41 Å². The average molecular weight is 297 g/mol. The van der Waals surface area contributed by atoms with Gasteiger partial charge >= 0.3 is 5.97 Å². The molecule has 22 heavy (non-hydrogen) atoms. The van der Waals surface area contributed by atoms with Crippen molar-refractivity contribution < 1.29 is 14.7 Å². The highest BCUT2D eigenvalue weighted by Crippen LogP contribution is 2.30. The van der Waals surface area contributed by atoms with Crippen LogP contribution in [0.4, 0.5) is 0 Å². The first-order valence-electron chi connectivity index (χ1n) is 7.47. The number of carbonyl (C=O) groups excluding carboxylic acids is 1. The Bertz CT molecular complexity index is 740. The number of fused-ring (bicyclic) bond motifs is 1. The van der Waals surface area contributed by atoms with Crippen molar-refractivity contribution in [2.45, 2.75) is 19.8 Å². The molecule has 114 valence electrons. The van der Waals surface area contributed by atoms with E-state index in [1.165, 1.54) is 0 Å². The summed E-state index contributed by atoms with van der Waals surface area (Å²) in [5, 5.41) is 11.5. The molecule has 0 aromatic heterocycles. The summed E-state index contributed by atoms with van der Waals surface area (Å²) in [7, 11) is 0. The van der Waals surface area contributed by atoms with E-state index in [4.69, 9.17) is 0 Å². The number of hydrogen-bond donors (Lipinski definition) is 1. The monoisotopic (exact) mass is 297 g/mol. The Morgan fingerprint density at radius 2 is 1.91 bits per heavy atom. The van der Waals surface area contributed by atoms with Crippen LogP contribution in [-0.4, -0.2) is 35.0 Å². The molecule has 1 heterocycles. The summed E-state index contributed by atoms with van der Waals surface area (Å²) < 4.78 is 0. The lowest BCUT2D eigenvalue weighted by atomic mass is 9.90. The molecule has 3 rings (SSSR count). The van der Waals surface area contributed by atoms with Crippen LogP contribution in [0.25, 0.3) is 10.8 Å². The van der Waals surface area contributed by atoms with E-state index in [1.807, 2.05) is 42.5 Å². The minimum absolute atomic E-state index is 0.000237. The first-order chi connectivity index (χ1) is 10.5. The standard InChI is InChI=1S/C18H19NO3/c1-18(17(21)22)8-9-19(12-18)16(20)11-13-6-7-14-4-2-3-5-15(14)10-13/h2-7,10H,8-9,11-12H2,1H3,(H,21,22). The zero-order chi connectivity index (χ0) is 15.7. The summed E-state index contributed by atoms with van der Waals surface area (Å²) in [6.07, 6.45) is 0.840. The number of carbonyl (C=O) groups is 2. The van der Waals surface area contributed by atoms with Crippen LogP contribution in [0, 0.1) is 5.41 Å². The summed E-state index contributed by atoms with van der Waals surface area (Å²) >= 11 is 0. The number of hydrogen-bond acceptors (Lipinski definition) is 2. The molecule has 2 aromatic rings. The minimum atomic E-state index is -0.825. The first kappa shape index (κ1) is 14.6. The molecule has 1 amide bonds. The van der Waals surface area contributed by atoms with Crippen LogP contribution in [0.15, 0.2) is 42.5 Å². The fourth-order valence-electron chi connectivity index (χ4n) is 2.98. The van der Waals surface area contributed by atoms with Gasteiger partial charge in [-0.15, -0.1) is 0 Å². The normalized spacial score (nSPS) is 21.2. The van der Waals surface area contributed by atoms with Crippen molar-refractivity contribution in [3.63, 3.8) is 0 Å². The summed E-state index contributed by atoms with van der Waals surface area (Å²) in [5.74, 6) is -0.825.